The third kappa shape index (κ3) is 6.49. The van der Waals surface area contributed by atoms with Crippen molar-refractivity contribution in [1.29, 1.82) is 0 Å². The van der Waals surface area contributed by atoms with Crippen LogP contribution in [-0.2, 0) is 4.74 Å². The van der Waals surface area contributed by atoms with Gasteiger partial charge < -0.3 is 10.5 Å². The van der Waals surface area contributed by atoms with Gasteiger partial charge in [0.15, 0.2) is 0 Å². The summed E-state index contributed by atoms with van der Waals surface area (Å²) in [5.41, 5.74) is 5.55. The molecule has 16 heavy (non-hydrogen) atoms. The zero-order chi connectivity index (χ0) is 12.4. The Morgan fingerprint density at radius 2 is 1.75 bits per heavy atom. The monoisotopic (exact) mass is 229 g/mol. The van der Waals surface area contributed by atoms with Crippen LogP contribution in [-0.4, -0.2) is 18.8 Å². The van der Waals surface area contributed by atoms with E-state index < -0.39 is 0 Å². The van der Waals surface area contributed by atoms with Crippen LogP contribution in [0.3, 0.4) is 0 Å². The summed E-state index contributed by atoms with van der Waals surface area (Å²) >= 11 is 0. The summed E-state index contributed by atoms with van der Waals surface area (Å²) in [6, 6.07) is 0. The van der Waals surface area contributed by atoms with E-state index in [1.54, 1.807) is 0 Å². The Kier molecular flexibility index (Phi) is 10.0. The summed E-state index contributed by atoms with van der Waals surface area (Å²) in [7, 11) is 0. The molecule has 2 heteroatoms. The number of hydrogen-bond donors (Lipinski definition) is 1. The molecule has 0 amide bonds. The first-order chi connectivity index (χ1) is 7.69. The molecule has 3 atom stereocenters. The second kappa shape index (κ2) is 10.1. The maximum absolute atomic E-state index is 6.21. The summed E-state index contributed by atoms with van der Waals surface area (Å²) in [4.78, 5) is 0. The van der Waals surface area contributed by atoms with Gasteiger partial charge in [0.2, 0.25) is 0 Å². The molecule has 0 bridgehead atoms. The van der Waals surface area contributed by atoms with E-state index in [1.165, 1.54) is 19.3 Å². The Labute approximate surface area is 102 Å². The van der Waals surface area contributed by atoms with Gasteiger partial charge in [-0.25, -0.2) is 0 Å². The Hall–Kier alpha value is -0.0800. The molecule has 0 saturated carbocycles. The van der Waals surface area contributed by atoms with E-state index in [2.05, 4.69) is 27.7 Å². The fourth-order valence-corrected chi connectivity index (χ4v) is 2.20. The van der Waals surface area contributed by atoms with E-state index in [4.69, 9.17) is 10.5 Å². The maximum atomic E-state index is 6.21. The second-order valence-corrected chi connectivity index (χ2v) is 4.81. The highest BCUT2D eigenvalue weighted by atomic mass is 16.5. The molecule has 0 radical (unpaired) electrons. The lowest BCUT2D eigenvalue weighted by molar-refractivity contribution is -0.0478. The Morgan fingerprint density at radius 3 is 2.19 bits per heavy atom. The summed E-state index contributed by atoms with van der Waals surface area (Å²) in [5, 5.41) is 0. The van der Waals surface area contributed by atoms with Crippen molar-refractivity contribution in [1.82, 2.24) is 0 Å². The molecule has 0 spiro atoms. The largest absolute Gasteiger partial charge is 0.375 e. The number of rotatable bonds is 10. The van der Waals surface area contributed by atoms with Gasteiger partial charge in [-0.05, 0) is 44.6 Å². The minimum Gasteiger partial charge on any atom is -0.375 e. The van der Waals surface area contributed by atoms with Crippen LogP contribution >= 0.6 is 0 Å². The molecular weight excluding hydrogens is 198 g/mol. The fraction of sp³-hybridized carbons (Fsp3) is 1.00. The SMILES string of the molecule is CCCC(CC)O[C@H](CC)C(C)CCCN. The molecule has 0 aromatic rings. The Morgan fingerprint density at radius 1 is 1.06 bits per heavy atom. The van der Waals surface area contributed by atoms with Crippen LogP contribution in [0.2, 0.25) is 0 Å². The molecule has 0 aromatic carbocycles. The van der Waals surface area contributed by atoms with Gasteiger partial charge in [0, 0.05) is 0 Å². The second-order valence-electron chi connectivity index (χ2n) is 4.81. The number of ether oxygens (including phenoxy) is 1. The normalized spacial score (nSPS) is 17.1. The van der Waals surface area contributed by atoms with Crippen LogP contribution in [0.4, 0.5) is 0 Å². The van der Waals surface area contributed by atoms with E-state index in [9.17, 15) is 0 Å². The lowest BCUT2D eigenvalue weighted by atomic mass is 9.96. The van der Waals surface area contributed by atoms with Crippen molar-refractivity contribution in [3.8, 4) is 0 Å². The summed E-state index contributed by atoms with van der Waals surface area (Å²) in [6.45, 7) is 9.76. The third-order valence-electron chi connectivity index (χ3n) is 3.33. The van der Waals surface area contributed by atoms with Crippen molar-refractivity contribution < 1.29 is 4.74 Å². The Balaban J connectivity index is 4.04. The highest BCUT2D eigenvalue weighted by Gasteiger charge is 2.19. The molecule has 0 aromatic heterocycles. The highest BCUT2D eigenvalue weighted by Crippen LogP contribution is 2.20. The van der Waals surface area contributed by atoms with Crippen LogP contribution in [0.1, 0.15) is 66.2 Å². The van der Waals surface area contributed by atoms with Crippen molar-refractivity contribution in [2.45, 2.75) is 78.4 Å². The van der Waals surface area contributed by atoms with Gasteiger partial charge in [-0.1, -0.05) is 34.1 Å². The lowest BCUT2D eigenvalue weighted by Gasteiger charge is -2.28. The summed E-state index contributed by atoms with van der Waals surface area (Å²) < 4.78 is 6.21. The van der Waals surface area contributed by atoms with Crippen LogP contribution in [0.25, 0.3) is 0 Å². The molecule has 0 fully saturated rings. The third-order valence-corrected chi connectivity index (χ3v) is 3.33. The van der Waals surface area contributed by atoms with Crippen LogP contribution in [0.15, 0.2) is 0 Å². The predicted octanol–water partition coefficient (Wildman–Crippen LogP) is 3.74. The van der Waals surface area contributed by atoms with Gasteiger partial charge in [-0.2, -0.15) is 0 Å². The van der Waals surface area contributed by atoms with Gasteiger partial charge in [0.05, 0.1) is 12.2 Å². The van der Waals surface area contributed by atoms with E-state index in [0.29, 0.717) is 18.1 Å². The van der Waals surface area contributed by atoms with Crippen molar-refractivity contribution in [3.05, 3.63) is 0 Å². The summed E-state index contributed by atoms with van der Waals surface area (Å²) in [6.07, 6.45) is 7.84. The zero-order valence-corrected chi connectivity index (χ0v) is 11.7. The minimum absolute atomic E-state index is 0.419. The molecule has 2 nitrogen and oxygen atoms in total. The molecule has 0 aliphatic rings. The zero-order valence-electron chi connectivity index (χ0n) is 11.7. The van der Waals surface area contributed by atoms with Gasteiger partial charge >= 0.3 is 0 Å². The van der Waals surface area contributed by atoms with Gasteiger partial charge in [-0.3, -0.25) is 0 Å². The van der Waals surface area contributed by atoms with Crippen LogP contribution in [0.5, 0.6) is 0 Å². The van der Waals surface area contributed by atoms with Crippen molar-refractivity contribution in [2.75, 3.05) is 6.54 Å². The average molecular weight is 229 g/mol. The predicted molar refractivity (Wildman–Crippen MR) is 71.6 cm³/mol. The quantitative estimate of drug-likeness (QED) is 0.619. The molecule has 0 aliphatic heterocycles. The highest BCUT2D eigenvalue weighted by molar-refractivity contribution is 4.68. The smallest absolute Gasteiger partial charge is 0.0601 e. The molecule has 0 heterocycles. The first-order valence-corrected chi connectivity index (χ1v) is 7.04. The molecule has 0 aliphatic carbocycles. The fourth-order valence-electron chi connectivity index (χ4n) is 2.20. The van der Waals surface area contributed by atoms with Crippen LogP contribution in [0, 0.1) is 5.92 Å². The summed E-state index contributed by atoms with van der Waals surface area (Å²) in [5.74, 6) is 0.638. The topological polar surface area (TPSA) is 35.2 Å². The van der Waals surface area contributed by atoms with Gasteiger partial charge in [0.25, 0.3) is 0 Å². The standard InChI is InChI=1S/C14H31NO/c1-5-9-13(6-2)16-14(7-3)12(4)10-8-11-15/h12-14H,5-11,15H2,1-4H3/t12?,13?,14-/m1/s1. The van der Waals surface area contributed by atoms with Crippen LogP contribution < -0.4 is 5.73 Å². The van der Waals surface area contributed by atoms with E-state index >= 15 is 0 Å². The van der Waals surface area contributed by atoms with Gasteiger partial charge in [-0.15, -0.1) is 0 Å². The number of hydrogen-bond acceptors (Lipinski definition) is 2. The van der Waals surface area contributed by atoms with Gasteiger partial charge in [0.1, 0.15) is 0 Å². The molecule has 0 saturated heterocycles. The molecule has 2 unspecified atom stereocenters. The van der Waals surface area contributed by atoms with Crippen molar-refractivity contribution in [2.24, 2.45) is 11.7 Å². The first kappa shape index (κ1) is 15.9. The average Bonchev–Trinajstić information content (AvgIpc) is 2.31. The van der Waals surface area contributed by atoms with E-state index in [0.717, 1.165) is 25.8 Å². The maximum Gasteiger partial charge on any atom is 0.0601 e. The Bertz CT molecular complexity index is 150. The lowest BCUT2D eigenvalue weighted by Crippen LogP contribution is -2.27. The minimum atomic E-state index is 0.419. The van der Waals surface area contributed by atoms with Crippen molar-refractivity contribution >= 4 is 0 Å². The molecular formula is C14H31NO. The molecule has 0 rings (SSSR count). The first-order valence-electron chi connectivity index (χ1n) is 7.04. The molecule has 2 N–H and O–H groups in total. The number of nitrogens with two attached hydrogens (primary N) is 1. The van der Waals surface area contributed by atoms with Crippen molar-refractivity contribution in [3.63, 3.8) is 0 Å². The van der Waals surface area contributed by atoms with E-state index in [1.807, 2.05) is 0 Å². The molecule has 98 valence electrons. The van der Waals surface area contributed by atoms with E-state index in [-0.39, 0.29) is 0 Å².